The van der Waals surface area contributed by atoms with E-state index in [1.165, 1.54) is 6.92 Å². The smallest absolute Gasteiger partial charge is 0.370 e. The molecule has 0 radical (unpaired) electrons. The predicted octanol–water partition coefficient (Wildman–Crippen LogP) is 0.513. The molecule has 15 heavy (non-hydrogen) atoms. The average molecular weight is 235 g/mol. The van der Waals surface area contributed by atoms with E-state index in [1.807, 2.05) is 0 Å². The lowest BCUT2D eigenvalue weighted by atomic mass is 10.6. The molecule has 1 N–H and O–H groups in total. The first-order valence-corrected chi connectivity index (χ1v) is 5.24. The van der Waals surface area contributed by atoms with Crippen molar-refractivity contribution in [2.75, 3.05) is 19.1 Å². The second kappa shape index (κ2) is 8.10. The molecular formula is C8H13NO5S. The topological polar surface area (TPSA) is 81.7 Å². The Morgan fingerprint density at radius 1 is 1.27 bits per heavy atom. The molecule has 0 aromatic rings. The van der Waals surface area contributed by atoms with Gasteiger partial charge in [0.2, 0.25) is 12.7 Å². The van der Waals surface area contributed by atoms with Crippen LogP contribution >= 0.6 is 11.8 Å². The molecule has 0 aliphatic carbocycles. The summed E-state index contributed by atoms with van der Waals surface area (Å²) < 4.78 is 9.03. The van der Waals surface area contributed by atoms with E-state index in [0.717, 1.165) is 11.8 Å². The van der Waals surface area contributed by atoms with Gasteiger partial charge in [0, 0.05) is 12.7 Å². The fraction of sp³-hybridized carbons (Fsp3) is 0.625. The van der Waals surface area contributed by atoms with Gasteiger partial charge >= 0.3 is 11.3 Å². The Balaban J connectivity index is 3.46. The Bertz CT molecular complexity index is 243. The second-order valence-corrected chi connectivity index (χ2v) is 3.57. The lowest BCUT2D eigenvalue weighted by molar-refractivity contribution is -0.151. The number of hydrogen-bond acceptors (Lipinski definition) is 6. The van der Waals surface area contributed by atoms with Crippen LogP contribution in [0.4, 0.5) is 4.79 Å². The molecular weight excluding hydrogens is 222 g/mol. The number of nitrogens with one attached hydrogen (secondary N) is 1. The number of carbonyl (C=O) groups is 3. The summed E-state index contributed by atoms with van der Waals surface area (Å²) in [7, 11) is 0. The standard InChI is InChI=1S/C8H13NO5S/c1-3-15-8(12)14-5-13-7(11)4-9-6(2)10/h3-5H2,1-2H3,(H,9,10). The van der Waals surface area contributed by atoms with Gasteiger partial charge in [-0.3, -0.25) is 9.59 Å². The fourth-order valence-corrected chi connectivity index (χ4v) is 0.918. The summed E-state index contributed by atoms with van der Waals surface area (Å²) in [6.45, 7) is 2.43. The second-order valence-electron chi connectivity index (χ2n) is 2.37. The Labute approximate surface area is 91.7 Å². The van der Waals surface area contributed by atoms with E-state index in [-0.39, 0.29) is 12.5 Å². The maximum absolute atomic E-state index is 10.9. The number of rotatable bonds is 5. The third kappa shape index (κ3) is 9.07. The lowest BCUT2D eigenvalue weighted by Gasteiger charge is -2.05. The molecule has 0 aliphatic rings. The maximum Gasteiger partial charge on any atom is 0.370 e. The Morgan fingerprint density at radius 3 is 2.47 bits per heavy atom. The van der Waals surface area contributed by atoms with Gasteiger partial charge in [0.15, 0.2) is 0 Å². The number of thioether (sulfide) groups is 1. The molecule has 0 aromatic heterocycles. The van der Waals surface area contributed by atoms with Gasteiger partial charge in [-0.05, 0) is 11.8 Å². The number of ether oxygens (including phenoxy) is 2. The Morgan fingerprint density at radius 2 is 1.93 bits per heavy atom. The van der Waals surface area contributed by atoms with Crippen molar-refractivity contribution < 1.29 is 23.9 Å². The summed E-state index contributed by atoms with van der Waals surface area (Å²) in [5.41, 5.74) is 0. The van der Waals surface area contributed by atoms with Gasteiger partial charge in [0.1, 0.15) is 6.54 Å². The van der Waals surface area contributed by atoms with Crippen LogP contribution in [0, 0.1) is 0 Å². The van der Waals surface area contributed by atoms with Crippen LogP contribution in [0.25, 0.3) is 0 Å². The highest BCUT2D eigenvalue weighted by Gasteiger charge is 2.05. The maximum atomic E-state index is 10.9. The van der Waals surface area contributed by atoms with Crippen LogP contribution in [0.15, 0.2) is 0 Å². The molecule has 0 aromatic carbocycles. The van der Waals surface area contributed by atoms with Crippen molar-refractivity contribution in [3.05, 3.63) is 0 Å². The minimum Gasteiger partial charge on any atom is -0.427 e. The minimum atomic E-state index is -0.653. The summed E-state index contributed by atoms with van der Waals surface area (Å²) >= 11 is 0.979. The van der Waals surface area contributed by atoms with Gasteiger partial charge in [-0.1, -0.05) is 6.92 Å². The molecule has 0 unspecified atom stereocenters. The van der Waals surface area contributed by atoms with Crippen molar-refractivity contribution in [1.29, 1.82) is 0 Å². The molecule has 7 heteroatoms. The van der Waals surface area contributed by atoms with Crippen LogP contribution in [0.3, 0.4) is 0 Å². The molecule has 0 bridgehead atoms. The number of hydrogen-bond donors (Lipinski definition) is 1. The first-order chi connectivity index (χ1) is 7.06. The van der Waals surface area contributed by atoms with E-state index >= 15 is 0 Å². The molecule has 0 atom stereocenters. The molecule has 0 spiro atoms. The monoisotopic (exact) mass is 235 g/mol. The van der Waals surface area contributed by atoms with Gasteiger partial charge in [-0.25, -0.2) is 4.79 Å². The number of esters is 1. The molecule has 86 valence electrons. The van der Waals surface area contributed by atoms with Crippen molar-refractivity contribution in [3.8, 4) is 0 Å². The molecule has 0 fully saturated rings. The molecule has 0 saturated heterocycles. The molecule has 0 aliphatic heterocycles. The van der Waals surface area contributed by atoms with Crippen LogP contribution in [-0.4, -0.2) is 36.3 Å². The predicted molar refractivity (Wildman–Crippen MR) is 54.3 cm³/mol. The van der Waals surface area contributed by atoms with Gasteiger partial charge < -0.3 is 14.8 Å². The summed E-state index contributed by atoms with van der Waals surface area (Å²) in [4.78, 5) is 32.0. The van der Waals surface area contributed by atoms with Crippen LogP contribution in [0.1, 0.15) is 13.8 Å². The largest absolute Gasteiger partial charge is 0.427 e. The van der Waals surface area contributed by atoms with E-state index in [9.17, 15) is 14.4 Å². The third-order valence-corrected chi connectivity index (χ3v) is 1.78. The average Bonchev–Trinajstić information content (AvgIpc) is 2.15. The highest BCUT2D eigenvalue weighted by atomic mass is 32.2. The van der Waals surface area contributed by atoms with Crippen LogP contribution < -0.4 is 5.32 Å². The highest BCUT2D eigenvalue weighted by Crippen LogP contribution is 2.03. The molecule has 0 rings (SSSR count). The zero-order valence-electron chi connectivity index (χ0n) is 8.57. The summed E-state index contributed by atoms with van der Waals surface area (Å²) in [6.07, 6.45) is 0. The van der Waals surface area contributed by atoms with Gasteiger partial charge in [-0.2, -0.15) is 0 Å². The molecule has 1 amide bonds. The van der Waals surface area contributed by atoms with Crippen molar-refractivity contribution in [2.24, 2.45) is 0 Å². The Kier molecular flexibility index (Phi) is 7.43. The van der Waals surface area contributed by atoms with Crippen molar-refractivity contribution in [2.45, 2.75) is 13.8 Å². The summed E-state index contributed by atoms with van der Waals surface area (Å²) in [5.74, 6) is -0.386. The van der Waals surface area contributed by atoms with Gasteiger partial charge in [0.25, 0.3) is 0 Å². The van der Waals surface area contributed by atoms with E-state index in [4.69, 9.17) is 0 Å². The first kappa shape index (κ1) is 13.8. The van der Waals surface area contributed by atoms with E-state index < -0.39 is 18.1 Å². The first-order valence-electron chi connectivity index (χ1n) is 4.25. The molecule has 6 nitrogen and oxygen atoms in total. The van der Waals surface area contributed by atoms with Crippen LogP contribution in [-0.2, 0) is 19.1 Å². The quantitative estimate of drug-likeness (QED) is 0.552. The van der Waals surface area contributed by atoms with E-state index in [1.54, 1.807) is 6.92 Å². The SMILES string of the molecule is CCSC(=O)OCOC(=O)CNC(C)=O. The number of amides is 1. The highest BCUT2D eigenvalue weighted by molar-refractivity contribution is 8.13. The van der Waals surface area contributed by atoms with Crippen molar-refractivity contribution in [3.63, 3.8) is 0 Å². The van der Waals surface area contributed by atoms with Crippen LogP contribution in [0.2, 0.25) is 0 Å². The molecule has 0 heterocycles. The zero-order chi connectivity index (χ0) is 11.7. The van der Waals surface area contributed by atoms with Crippen molar-refractivity contribution >= 4 is 28.9 Å². The number of carbonyl (C=O) groups excluding carboxylic acids is 3. The lowest BCUT2D eigenvalue weighted by Crippen LogP contribution is -2.29. The van der Waals surface area contributed by atoms with Gasteiger partial charge in [0.05, 0.1) is 0 Å². The third-order valence-electron chi connectivity index (χ3n) is 1.14. The van der Waals surface area contributed by atoms with Crippen molar-refractivity contribution in [1.82, 2.24) is 5.32 Å². The van der Waals surface area contributed by atoms with E-state index in [0.29, 0.717) is 5.75 Å². The van der Waals surface area contributed by atoms with E-state index in [2.05, 4.69) is 14.8 Å². The fourth-order valence-electron chi connectivity index (χ4n) is 0.550. The summed E-state index contributed by atoms with van der Waals surface area (Å²) in [5, 5.41) is 1.75. The van der Waals surface area contributed by atoms with Crippen LogP contribution in [0.5, 0.6) is 0 Å². The summed E-state index contributed by atoms with van der Waals surface area (Å²) in [6, 6.07) is 0. The normalized spacial score (nSPS) is 9.20. The Hall–Kier alpha value is -1.24. The zero-order valence-corrected chi connectivity index (χ0v) is 9.39. The minimum absolute atomic E-state index is 0.228. The molecule has 0 saturated carbocycles. The van der Waals surface area contributed by atoms with Gasteiger partial charge in [-0.15, -0.1) is 0 Å².